The van der Waals surface area contributed by atoms with Gasteiger partial charge in [0.1, 0.15) is 5.82 Å². The van der Waals surface area contributed by atoms with Crippen LogP contribution in [-0.4, -0.2) is 52.7 Å². The van der Waals surface area contributed by atoms with E-state index in [1.807, 2.05) is 6.07 Å². The molecule has 1 fully saturated rings. The Bertz CT molecular complexity index is 1170. The Labute approximate surface area is 187 Å². The van der Waals surface area contributed by atoms with E-state index < -0.39 is 0 Å². The summed E-state index contributed by atoms with van der Waals surface area (Å²) in [5.74, 6) is 0.628. The number of aromatic nitrogens is 2. The molecule has 1 N–H and O–H groups in total. The Morgan fingerprint density at radius 1 is 1.12 bits per heavy atom. The van der Waals surface area contributed by atoms with Crippen LogP contribution in [-0.2, 0) is 24.2 Å². The summed E-state index contributed by atoms with van der Waals surface area (Å²) in [6.45, 7) is 4.39. The molecule has 1 saturated heterocycles. The number of benzene rings is 2. The first-order valence-electron chi connectivity index (χ1n) is 11.4. The van der Waals surface area contributed by atoms with Crippen LogP contribution in [0.5, 0.6) is 0 Å². The SMILES string of the molecule is O=C(NCC1CCCO1)c1ccc2c(=O)n3c(nc2c1)CCN(Cc1ccccc1)CC3. The van der Waals surface area contributed by atoms with Gasteiger partial charge in [-0.1, -0.05) is 30.3 Å². The maximum absolute atomic E-state index is 13.2. The van der Waals surface area contributed by atoms with Crippen LogP contribution >= 0.6 is 0 Å². The number of ether oxygens (including phenoxy) is 1. The first-order valence-corrected chi connectivity index (χ1v) is 11.4. The molecule has 0 aliphatic carbocycles. The smallest absolute Gasteiger partial charge is 0.261 e. The summed E-state index contributed by atoms with van der Waals surface area (Å²) in [5.41, 5.74) is 2.34. The van der Waals surface area contributed by atoms with Crippen molar-refractivity contribution in [1.29, 1.82) is 0 Å². The van der Waals surface area contributed by atoms with Gasteiger partial charge in [-0.05, 0) is 36.6 Å². The van der Waals surface area contributed by atoms with E-state index in [1.165, 1.54) is 5.56 Å². The number of fused-ring (bicyclic) bond motifs is 2. The van der Waals surface area contributed by atoms with Gasteiger partial charge in [0.25, 0.3) is 11.5 Å². The highest BCUT2D eigenvalue weighted by Crippen LogP contribution is 2.16. The topological polar surface area (TPSA) is 76.5 Å². The van der Waals surface area contributed by atoms with Gasteiger partial charge in [0.05, 0.1) is 17.0 Å². The zero-order valence-electron chi connectivity index (χ0n) is 18.1. The highest BCUT2D eigenvalue weighted by atomic mass is 16.5. The van der Waals surface area contributed by atoms with Gasteiger partial charge in [0, 0.05) is 51.3 Å². The quantitative estimate of drug-likeness (QED) is 0.670. The molecule has 0 spiro atoms. The molecule has 0 saturated carbocycles. The molecule has 1 aromatic heterocycles. The van der Waals surface area contributed by atoms with Crippen LogP contribution in [0.1, 0.15) is 34.6 Å². The normalized spacial score (nSPS) is 18.9. The van der Waals surface area contributed by atoms with E-state index >= 15 is 0 Å². The monoisotopic (exact) mass is 432 g/mol. The second-order valence-electron chi connectivity index (χ2n) is 8.57. The summed E-state index contributed by atoms with van der Waals surface area (Å²) < 4.78 is 7.37. The minimum Gasteiger partial charge on any atom is -0.376 e. The van der Waals surface area contributed by atoms with Crippen molar-refractivity contribution in [2.45, 2.75) is 38.5 Å². The molecule has 2 aliphatic heterocycles. The van der Waals surface area contributed by atoms with Crippen LogP contribution in [0.2, 0.25) is 0 Å². The van der Waals surface area contributed by atoms with E-state index in [2.05, 4.69) is 34.5 Å². The number of nitrogens with one attached hydrogen (secondary N) is 1. The lowest BCUT2D eigenvalue weighted by molar-refractivity contribution is 0.0858. The van der Waals surface area contributed by atoms with Gasteiger partial charge in [0.2, 0.25) is 0 Å². The molecule has 1 atom stereocenters. The Morgan fingerprint density at radius 3 is 2.81 bits per heavy atom. The molecule has 32 heavy (non-hydrogen) atoms. The van der Waals surface area contributed by atoms with Gasteiger partial charge < -0.3 is 10.1 Å². The standard InChI is InChI=1S/C25H28N4O3/c30-24(26-16-20-7-4-14-32-20)19-8-9-21-22(15-19)27-23-10-11-28(12-13-29(23)25(21)31)17-18-5-2-1-3-6-18/h1-3,5-6,8-9,15,20H,4,7,10-14,16-17H2,(H,26,30). The fourth-order valence-electron chi connectivity index (χ4n) is 4.55. The molecule has 0 radical (unpaired) electrons. The summed E-state index contributed by atoms with van der Waals surface area (Å²) >= 11 is 0. The first kappa shape index (κ1) is 20.8. The van der Waals surface area contributed by atoms with Crippen molar-refractivity contribution in [3.63, 3.8) is 0 Å². The largest absolute Gasteiger partial charge is 0.376 e. The van der Waals surface area contributed by atoms with E-state index in [9.17, 15) is 9.59 Å². The highest BCUT2D eigenvalue weighted by molar-refractivity contribution is 5.97. The van der Waals surface area contributed by atoms with Crippen molar-refractivity contribution >= 4 is 16.8 Å². The summed E-state index contributed by atoms with van der Waals surface area (Å²) in [7, 11) is 0. The van der Waals surface area contributed by atoms with Gasteiger partial charge in [-0.2, -0.15) is 0 Å². The summed E-state index contributed by atoms with van der Waals surface area (Å²) in [6, 6.07) is 15.5. The van der Waals surface area contributed by atoms with Gasteiger partial charge in [-0.3, -0.25) is 19.1 Å². The molecule has 7 heteroatoms. The molecule has 1 amide bonds. The van der Waals surface area contributed by atoms with Crippen molar-refractivity contribution in [1.82, 2.24) is 19.8 Å². The summed E-state index contributed by atoms with van der Waals surface area (Å²) in [4.78, 5) is 32.9. The molecule has 5 rings (SSSR count). The van der Waals surface area contributed by atoms with Gasteiger partial charge in [0.15, 0.2) is 0 Å². The zero-order valence-corrected chi connectivity index (χ0v) is 18.1. The molecule has 3 aromatic rings. The van der Waals surface area contributed by atoms with Crippen molar-refractivity contribution in [3.8, 4) is 0 Å². The van der Waals surface area contributed by atoms with Crippen LogP contribution in [0.4, 0.5) is 0 Å². The third kappa shape index (κ3) is 4.45. The molecule has 166 valence electrons. The van der Waals surface area contributed by atoms with E-state index in [-0.39, 0.29) is 17.6 Å². The molecule has 2 aliphatic rings. The molecule has 2 aromatic carbocycles. The fraction of sp³-hybridized carbons (Fsp3) is 0.400. The highest BCUT2D eigenvalue weighted by Gasteiger charge is 2.20. The Morgan fingerprint density at radius 2 is 2.00 bits per heavy atom. The van der Waals surface area contributed by atoms with Crippen LogP contribution in [0, 0.1) is 0 Å². The third-order valence-corrected chi connectivity index (χ3v) is 6.35. The van der Waals surface area contributed by atoms with Crippen molar-refractivity contribution in [3.05, 3.63) is 75.8 Å². The minimum absolute atomic E-state index is 0.0297. The number of rotatable bonds is 5. The Kier molecular flexibility index (Phi) is 6.01. The maximum Gasteiger partial charge on any atom is 0.261 e. The maximum atomic E-state index is 13.2. The lowest BCUT2D eigenvalue weighted by Crippen LogP contribution is -2.32. The lowest BCUT2D eigenvalue weighted by atomic mass is 10.1. The zero-order chi connectivity index (χ0) is 21.9. The van der Waals surface area contributed by atoms with Crippen molar-refractivity contribution < 1.29 is 9.53 Å². The number of hydrogen-bond acceptors (Lipinski definition) is 5. The third-order valence-electron chi connectivity index (χ3n) is 6.35. The van der Waals surface area contributed by atoms with E-state index in [4.69, 9.17) is 9.72 Å². The van der Waals surface area contributed by atoms with Crippen LogP contribution in [0.25, 0.3) is 10.9 Å². The molecule has 0 bridgehead atoms. The molecular weight excluding hydrogens is 404 g/mol. The van der Waals surface area contributed by atoms with Crippen molar-refractivity contribution in [2.75, 3.05) is 26.2 Å². The number of carbonyl (C=O) groups excluding carboxylic acids is 1. The average Bonchev–Trinajstić information content (AvgIpc) is 3.26. The van der Waals surface area contributed by atoms with Crippen LogP contribution < -0.4 is 10.9 Å². The summed E-state index contributed by atoms with van der Waals surface area (Å²) in [5, 5.41) is 3.50. The lowest BCUT2D eigenvalue weighted by Gasteiger charge is -2.19. The van der Waals surface area contributed by atoms with Crippen LogP contribution in [0.15, 0.2) is 53.3 Å². The molecule has 1 unspecified atom stereocenters. The second-order valence-corrected chi connectivity index (χ2v) is 8.57. The van der Waals surface area contributed by atoms with E-state index in [0.29, 0.717) is 36.0 Å². The van der Waals surface area contributed by atoms with Gasteiger partial charge in [-0.15, -0.1) is 0 Å². The summed E-state index contributed by atoms with van der Waals surface area (Å²) in [6.07, 6.45) is 2.81. The predicted molar refractivity (Wildman–Crippen MR) is 123 cm³/mol. The molecule has 3 heterocycles. The number of nitrogens with zero attached hydrogens (tertiary/aromatic N) is 3. The van der Waals surface area contributed by atoms with E-state index in [1.54, 1.807) is 22.8 Å². The fourth-order valence-corrected chi connectivity index (χ4v) is 4.55. The first-order chi connectivity index (χ1) is 15.7. The number of amides is 1. The average molecular weight is 433 g/mol. The Hall–Kier alpha value is -3.03. The van der Waals surface area contributed by atoms with Gasteiger partial charge >= 0.3 is 0 Å². The van der Waals surface area contributed by atoms with Crippen LogP contribution in [0.3, 0.4) is 0 Å². The number of carbonyl (C=O) groups is 1. The predicted octanol–water partition coefficient (Wildman–Crippen LogP) is 2.36. The van der Waals surface area contributed by atoms with Gasteiger partial charge in [-0.25, -0.2) is 4.98 Å². The Balaban J connectivity index is 1.34. The second kappa shape index (κ2) is 9.22. The number of hydrogen-bond donors (Lipinski definition) is 1. The van der Waals surface area contributed by atoms with Crippen molar-refractivity contribution in [2.24, 2.45) is 0 Å². The minimum atomic E-state index is -0.159. The van der Waals surface area contributed by atoms with E-state index in [0.717, 1.165) is 44.9 Å². The molecule has 7 nitrogen and oxygen atoms in total. The molecular formula is C25H28N4O3.